The molecule has 0 aliphatic carbocycles. The fourth-order valence-corrected chi connectivity index (χ4v) is 2.11. The molecule has 92 valence electrons. The molecule has 0 amide bonds. The summed E-state index contributed by atoms with van der Waals surface area (Å²) in [6.45, 7) is 6.49. The maximum Gasteiger partial charge on any atom is 0.0598 e. The first-order valence-electron chi connectivity index (χ1n) is 6.26. The fourth-order valence-electron chi connectivity index (χ4n) is 2.11. The van der Waals surface area contributed by atoms with Gasteiger partial charge in [-0.05, 0) is 31.7 Å². The summed E-state index contributed by atoms with van der Waals surface area (Å²) in [5.74, 6) is 3.26. The van der Waals surface area contributed by atoms with Gasteiger partial charge in [-0.25, -0.2) is 0 Å². The molecule has 2 N–H and O–H groups in total. The van der Waals surface area contributed by atoms with E-state index in [0.29, 0.717) is 18.6 Å². The Morgan fingerprint density at radius 3 is 2.75 bits per heavy atom. The van der Waals surface area contributed by atoms with E-state index in [1.807, 2.05) is 0 Å². The molecule has 0 radical (unpaired) electrons. The lowest BCUT2D eigenvalue weighted by molar-refractivity contribution is 0.209. The van der Waals surface area contributed by atoms with Crippen LogP contribution in [0.1, 0.15) is 26.2 Å². The largest absolute Gasteiger partial charge is 0.396 e. The highest BCUT2D eigenvalue weighted by atomic mass is 16.3. The van der Waals surface area contributed by atoms with Gasteiger partial charge in [-0.15, -0.1) is 6.42 Å². The Morgan fingerprint density at radius 2 is 2.19 bits per heavy atom. The van der Waals surface area contributed by atoms with Crippen LogP contribution in [0.2, 0.25) is 0 Å². The average Bonchev–Trinajstić information content (AvgIpc) is 2.29. The lowest BCUT2D eigenvalue weighted by Gasteiger charge is -2.31. The molecule has 1 atom stereocenters. The smallest absolute Gasteiger partial charge is 0.0598 e. The van der Waals surface area contributed by atoms with Gasteiger partial charge in [-0.1, -0.05) is 12.8 Å². The third kappa shape index (κ3) is 4.98. The average molecular weight is 224 g/mol. The molecule has 0 aromatic rings. The number of piperidine rings is 1. The van der Waals surface area contributed by atoms with Crippen LogP contribution in [-0.4, -0.2) is 48.8 Å². The minimum Gasteiger partial charge on any atom is -0.396 e. The highest BCUT2D eigenvalue weighted by Crippen LogP contribution is 2.10. The van der Waals surface area contributed by atoms with Gasteiger partial charge in [0, 0.05) is 25.7 Å². The second-order valence-electron chi connectivity index (χ2n) is 4.78. The van der Waals surface area contributed by atoms with Gasteiger partial charge in [0.25, 0.3) is 0 Å². The van der Waals surface area contributed by atoms with Gasteiger partial charge in [0.1, 0.15) is 0 Å². The molecule has 0 saturated carbocycles. The topological polar surface area (TPSA) is 35.5 Å². The summed E-state index contributed by atoms with van der Waals surface area (Å²) in [4.78, 5) is 2.33. The van der Waals surface area contributed by atoms with Crippen molar-refractivity contribution in [1.82, 2.24) is 10.2 Å². The van der Waals surface area contributed by atoms with Crippen molar-refractivity contribution < 1.29 is 5.11 Å². The fraction of sp³-hybridized carbons (Fsp3) is 0.846. The number of aliphatic hydroxyl groups excluding tert-OH is 1. The van der Waals surface area contributed by atoms with Crippen LogP contribution in [0.4, 0.5) is 0 Å². The minimum atomic E-state index is 0.295. The van der Waals surface area contributed by atoms with Gasteiger partial charge in [0.2, 0.25) is 0 Å². The van der Waals surface area contributed by atoms with Crippen molar-refractivity contribution >= 4 is 0 Å². The third-order valence-corrected chi connectivity index (χ3v) is 3.28. The van der Waals surface area contributed by atoms with E-state index in [1.54, 1.807) is 0 Å². The number of likely N-dealkylation sites (tertiary alicyclic amines) is 1. The normalized spacial score (nSPS) is 20.6. The third-order valence-electron chi connectivity index (χ3n) is 3.28. The van der Waals surface area contributed by atoms with Gasteiger partial charge in [-0.3, -0.25) is 4.90 Å². The molecular formula is C13H24N2O. The van der Waals surface area contributed by atoms with Crippen molar-refractivity contribution in [3.63, 3.8) is 0 Å². The zero-order chi connectivity index (χ0) is 11.8. The highest BCUT2D eigenvalue weighted by Gasteiger charge is 2.18. The van der Waals surface area contributed by atoms with E-state index in [1.165, 1.54) is 12.8 Å². The van der Waals surface area contributed by atoms with Crippen LogP contribution in [0.5, 0.6) is 0 Å². The zero-order valence-corrected chi connectivity index (χ0v) is 10.3. The minimum absolute atomic E-state index is 0.295. The molecule has 0 bridgehead atoms. The first-order chi connectivity index (χ1) is 7.76. The van der Waals surface area contributed by atoms with E-state index in [2.05, 4.69) is 23.1 Å². The summed E-state index contributed by atoms with van der Waals surface area (Å²) in [7, 11) is 0. The Morgan fingerprint density at radius 1 is 1.50 bits per heavy atom. The van der Waals surface area contributed by atoms with Crippen molar-refractivity contribution in [2.45, 2.75) is 32.2 Å². The number of aliphatic hydroxyl groups is 1. The molecule has 1 unspecified atom stereocenters. The van der Waals surface area contributed by atoms with Gasteiger partial charge in [0.15, 0.2) is 0 Å². The Hall–Kier alpha value is -0.560. The summed E-state index contributed by atoms with van der Waals surface area (Å²) >= 11 is 0. The second kappa shape index (κ2) is 7.67. The summed E-state index contributed by atoms with van der Waals surface area (Å²) in [5.41, 5.74) is 0. The van der Waals surface area contributed by atoms with Gasteiger partial charge in [-0.2, -0.15) is 0 Å². The molecule has 16 heavy (non-hydrogen) atoms. The number of nitrogens with zero attached hydrogens (tertiary/aromatic N) is 1. The molecule has 3 heteroatoms. The molecule has 1 saturated heterocycles. The number of rotatable bonds is 6. The number of nitrogens with one attached hydrogen (secondary N) is 1. The Kier molecular flexibility index (Phi) is 6.47. The Labute approximate surface area is 99.2 Å². The van der Waals surface area contributed by atoms with E-state index in [4.69, 9.17) is 11.5 Å². The predicted octanol–water partition coefficient (Wildman–Crippen LogP) is 0.692. The lowest BCUT2D eigenvalue weighted by Crippen LogP contribution is -2.43. The number of hydrogen-bond acceptors (Lipinski definition) is 3. The van der Waals surface area contributed by atoms with Crippen molar-refractivity contribution in [1.29, 1.82) is 0 Å². The lowest BCUT2D eigenvalue weighted by atomic mass is 10.0. The van der Waals surface area contributed by atoms with Crippen molar-refractivity contribution in [3.8, 4) is 12.3 Å². The first kappa shape index (κ1) is 13.5. The molecule has 1 aliphatic heterocycles. The van der Waals surface area contributed by atoms with Crippen LogP contribution >= 0.6 is 0 Å². The van der Waals surface area contributed by atoms with E-state index >= 15 is 0 Å². The summed E-state index contributed by atoms with van der Waals surface area (Å²) in [6.07, 6.45) is 8.56. The molecular weight excluding hydrogens is 200 g/mol. The van der Waals surface area contributed by atoms with Gasteiger partial charge < -0.3 is 10.4 Å². The van der Waals surface area contributed by atoms with E-state index in [9.17, 15) is 0 Å². The molecule has 0 aromatic heterocycles. The molecule has 0 aromatic carbocycles. The molecule has 0 spiro atoms. The maximum atomic E-state index is 8.81. The summed E-state index contributed by atoms with van der Waals surface area (Å²) in [6, 6.07) is 0.634. The predicted molar refractivity (Wildman–Crippen MR) is 67.2 cm³/mol. The van der Waals surface area contributed by atoms with Crippen molar-refractivity contribution in [2.75, 3.05) is 32.8 Å². The van der Waals surface area contributed by atoms with Gasteiger partial charge in [0.05, 0.1) is 6.54 Å². The Bertz CT molecular complexity index is 216. The van der Waals surface area contributed by atoms with E-state index < -0.39 is 0 Å². The monoisotopic (exact) mass is 224 g/mol. The second-order valence-corrected chi connectivity index (χ2v) is 4.78. The quantitative estimate of drug-likeness (QED) is 0.652. The highest BCUT2D eigenvalue weighted by molar-refractivity contribution is 4.90. The van der Waals surface area contributed by atoms with Crippen LogP contribution in [0.15, 0.2) is 0 Å². The molecule has 1 aliphatic rings. The summed E-state index contributed by atoms with van der Waals surface area (Å²) in [5, 5.41) is 12.4. The van der Waals surface area contributed by atoms with Crippen LogP contribution < -0.4 is 5.32 Å². The van der Waals surface area contributed by atoms with Crippen molar-refractivity contribution in [3.05, 3.63) is 0 Å². The van der Waals surface area contributed by atoms with E-state index in [0.717, 1.165) is 32.6 Å². The first-order valence-corrected chi connectivity index (χ1v) is 6.26. The maximum absolute atomic E-state index is 8.81. The number of hydrogen-bond donors (Lipinski definition) is 2. The molecule has 1 fully saturated rings. The van der Waals surface area contributed by atoms with Gasteiger partial charge >= 0.3 is 0 Å². The zero-order valence-electron chi connectivity index (χ0n) is 10.3. The summed E-state index contributed by atoms with van der Waals surface area (Å²) < 4.78 is 0. The molecule has 1 rings (SSSR count). The number of terminal acetylenes is 1. The van der Waals surface area contributed by atoms with Crippen LogP contribution in [0.3, 0.4) is 0 Å². The van der Waals surface area contributed by atoms with Crippen molar-refractivity contribution in [2.24, 2.45) is 5.92 Å². The molecule has 1 heterocycles. The standard InChI is InChI=1S/C13H24N2O/c1-3-7-15-8-4-13(5-9-15)14-11-12(2)6-10-16/h1,12-14,16H,4-11H2,2H3. The van der Waals surface area contributed by atoms with Crippen LogP contribution in [0, 0.1) is 18.3 Å². The van der Waals surface area contributed by atoms with E-state index in [-0.39, 0.29) is 0 Å². The molecule has 3 nitrogen and oxygen atoms in total. The Balaban J connectivity index is 2.10. The van der Waals surface area contributed by atoms with Crippen LogP contribution in [-0.2, 0) is 0 Å². The van der Waals surface area contributed by atoms with Crippen LogP contribution in [0.25, 0.3) is 0 Å². The SMILES string of the molecule is C#CCN1CCC(NCC(C)CCO)CC1.